The molecule has 1 aliphatic heterocycles. The number of piperidine rings is 1. The number of nitrogens with one attached hydrogen (secondary N) is 3. The highest BCUT2D eigenvalue weighted by Crippen LogP contribution is 2.58. The first-order valence-corrected chi connectivity index (χ1v) is 8.64. The van der Waals surface area contributed by atoms with Gasteiger partial charge in [-0.3, -0.25) is 9.59 Å². The zero-order valence-electron chi connectivity index (χ0n) is 14.1. The Morgan fingerprint density at radius 2 is 1.96 bits per heavy atom. The van der Waals surface area contributed by atoms with Crippen molar-refractivity contribution in [3.05, 3.63) is 24.3 Å². The topological polar surface area (TPSA) is 79.5 Å². The molecule has 1 spiro atoms. The molecule has 3 N–H and O–H groups in total. The van der Waals surface area contributed by atoms with Crippen LogP contribution < -0.4 is 20.7 Å². The predicted octanol–water partition coefficient (Wildman–Crippen LogP) is 1.53. The average molecular weight is 331 g/mol. The number of carbonyl (C=O) groups is 2. The summed E-state index contributed by atoms with van der Waals surface area (Å²) in [5, 5.41) is 9.02. The Morgan fingerprint density at radius 1 is 1.25 bits per heavy atom. The van der Waals surface area contributed by atoms with Crippen molar-refractivity contribution in [3.8, 4) is 5.75 Å². The van der Waals surface area contributed by atoms with E-state index >= 15 is 0 Å². The summed E-state index contributed by atoms with van der Waals surface area (Å²) in [6.45, 7) is 4.48. The highest BCUT2D eigenvalue weighted by Gasteiger charge is 2.57. The van der Waals surface area contributed by atoms with E-state index in [1.54, 1.807) is 12.1 Å². The summed E-state index contributed by atoms with van der Waals surface area (Å²) in [6, 6.07) is 7.15. The van der Waals surface area contributed by atoms with Crippen molar-refractivity contribution in [2.45, 2.75) is 26.2 Å². The van der Waals surface area contributed by atoms with Gasteiger partial charge in [0.1, 0.15) is 5.75 Å². The number of hydrogen-bond donors (Lipinski definition) is 3. The molecule has 2 fully saturated rings. The zero-order chi connectivity index (χ0) is 17.0. The maximum absolute atomic E-state index is 12.4. The molecule has 1 aliphatic carbocycles. The molecule has 6 nitrogen and oxygen atoms in total. The van der Waals surface area contributed by atoms with E-state index in [4.69, 9.17) is 4.74 Å². The lowest BCUT2D eigenvalue weighted by Crippen LogP contribution is -2.31. The van der Waals surface area contributed by atoms with E-state index in [1.807, 2.05) is 19.1 Å². The van der Waals surface area contributed by atoms with Crippen LogP contribution in [-0.4, -0.2) is 38.1 Å². The van der Waals surface area contributed by atoms with Gasteiger partial charge in [-0.2, -0.15) is 0 Å². The lowest BCUT2D eigenvalue weighted by atomic mass is 9.92. The van der Waals surface area contributed by atoms with Crippen LogP contribution in [0, 0.1) is 11.3 Å². The second kappa shape index (κ2) is 7.21. The van der Waals surface area contributed by atoms with Gasteiger partial charge in [0, 0.05) is 18.2 Å². The molecule has 24 heavy (non-hydrogen) atoms. The standard InChI is InChI=1S/C18H25N3O3/c1-2-20-16(22)12-24-14-5-3-13(4-6-14)21-17(23)15-11-18(15)7-9-19-10-8-18/h3-6,15,19H,2,7-12H2,1H3,(H,20,22)(H,21,23). The normalized spacial score (nSPS) is 21.1. The molecular formula is C18H25N3O3. The van der Waals surface area contributed by atoms with E-state index in [0.717, 1.165) is 38.0 Å². The Balaban J connectivity index is 1.48. The number of rotatable bonds is 6. The minimum Gasteiger partial charge on any atom is -0.484 e. The molecule has 3 rings (SSSR count). The first-order chi connectivity index (χ1) is 11.6. The van der Waals surface area contributed by atoms with Gasteiger partial charge in [-0.05, 0) is 69.0 Å². The highest BCUT2D eigenvalue weighted by molar-refractivity contribution is 5.95. The van der Waals surface area contributed by atoms with Crippen LogP contribution in [0.2, 0.25) is 0 Å². The summed E-state index contributed by atoms with van der Waals surface area (Å²) in [6.07, 6.45) is 3.20. The van der Waals surface area contributed by atoms with Crippen LogP contribution in [0.15, 0.2) is 24.3 Å². The second-order valence-electron chi connectivity index (χ2n) is 6.62. The quantitative estimate of drug-likeness (QED) is 0.739. The van der Waals surface area contributed by atoms with Crippen LogP contribution in [0.5, 0.6) is 5.75 Å². The fourth-order valence-corrected chi connectivity index (χ4v) is 3.46. The Kier molecular flexibility index (Phi) is 5.04. The van der Waals surface area contributed by atoms with Crippen LogP contribution >= 0.6 is 0 Å². The number of amides is 2. The second-order valence-corrected chi connectivity index (χ2v) is 6.62. The maximum Gasteiger partial charge on any atom is 0.257 e. The first-order valence-electron chi connectivity index (χ1n) is 8.64. The van der Waals surface area contributed by atoms with Crippen molar-refractivity contribution in [2.75, 3.05) is 31.6 Å². The predicted molar refractivity (Wildman–Crippen MR) is 91.9 cm³/mol. The van der Waals surface area contributed by atoms with Crippen LogP contribution in [0.25, 0.3) is 0 Å². The molecule has 1 saturated carbocycles. The summed E-state index contributed by atoms with van der Waals surface area (Å²) >= 11 is 0. The van der Waals surface area contributed by atoms with Gasteiger partial charge in [-0.1, -0.05) is 0 Å². The third-order valence-electron chi connectivity index (χ3n) is 4.97. The number of ether oxygens (including phenoxy) is 1. The molecular weight excluding hydrogens is 306 g/mol. The van der Waals surface area contributed by atoms with Crippen molar-refractivity contribution in [3.63, 3.8) is 0 Å². The summed E-state index contributed by atoms with van der Waals surface area (Å²) in [5.74, 6) is 0.734. The Labute approximate surface area is 142 Å². The molecule has 0 aromatic heterocycles. The van der Waals surface area contributed by atoms with Gasteiger partial charge in [-0.15, -0.1) is 0 Å². The molecule has 1 unspecified atom stereocenters. The molecule has 1 atom stereocenters. The van der Waals surface area contributed by atoms with E-state index in [0.29, 0.717) is 12.3 Å². The van der Waals surface area contributed by atoms with Crippen LogP contribution in [0.1, 0.15) is 26.2 Å². The SMILES string of the molecule is CCNC(=O)COc1ccc(NC(=O)C2CC23CCNCC3)cc1. The summed E-state index contributed by atoms with van der Waals surface area (Å²) in [7, 11) is 0. The van der Waals surface area contributed by atoms with Gasteiger partial charge in [0.25, 0.3) is 5.91 Å². The Morgan fingerprint density at radius 3 is 2.62 bits per heavy atom. The third kappa shape index (κ3) is 3.87. The van der Waals surface area contributed by atoms with Crippen molar-refractivity contribution < 1.29 is 14.3 Å². The lowest BCUT2D eigenvalue weighted by Gasteiger charge is -2.23. The van der Waals surface area contributed by atoms with Crippen LogP contribution in [-0.2, 0) is 9.59 Å². The molecule has 130 valence electrons. The molecule has 6 heteroatoms. The Hall–Kier alpha value is -2.08. The fraction of sp³-hybridized carbons (Fsp3) is 0.556. The summed E-state index contributed by atoms with van der Waals surface area (Å²) in [4.78, 5) is 23.8. The fourth-order valence-electron chi connectivity index (χ4n) is 3.46. The van der Waals surface area contributed by atoms with Gasteiger partial charge in [0.05, 0.1) is 0 Å². The number of carbonyl (C=O) groups excluding carboxylic acids is 2. The lowest BCUT2D eigenvalue weighted by molar-refractivity contribution is -0.123. The van der Waals surface area contributed by atoms with Crippen molar-refractivity contribution >= 4 is 17.5 Å². The minimum atomic E-state index is -0.143. The Bertz CT molecular complexity index is 594. The highest BCUT2D eigenvalue weighted by atomic mass is 16.5. The van der Waals surface area contributed by atoms with E-state index in [1.165, 1.54) is 0 Å². The number of benzene rings is 1. The molecule has 0 radical (unpaired) electrons. The molecule has 2 amide bonds. The van der Waals surface area contributed by atoms with Crippen molar-refractivity contribution in [2.24, 2.45) is 11.3 Å². The molecule has 1 aromatic rings. The van der Waals surface area contributed by atoms with E-state index in [-0.39, 0.29) is 29.8 Å². The van der Waals surface area contributed by atoms with Gasteiger partial charge >= 0.3 is 0 Å². The van der Waals surface area contributed by atoms with Gasteiger partial charge < -0.3 is 20.7 Å². The summed E-state index contributed by atoms with van der Waals surface area (Å²) < 4.78 is 5.40. The zero-order valence-corrected chi connectivity index (χ0v) is 14.1. The first kappa shape index (κ1) is 16.8. The van der Waals surface area contributed by atoms with Crippen LogP contribution in [0.4, 0.5) is 5.69 Å². The maximum atomic E-state index is 12.4. The summed E-state index contributed by atoms with van der Waals surface area (Å²) in [5.41, 5.74) is 1.01. The average Bonchev–Trinajstić information content (AvgIpc) is 3.28. The van der Waals surface area contributed by atoms with E-state index in [2.05, 4.69) is 16.0 Å². The largest absolute Gasteiger partial charge is 0.484 e. The van der Waals surface area contributed by atoms with Crippen molar-refractivity contribution in [1.82, 2.24) is 10.6 Å². The monoisotopic (exact) mass is 331 g/mol. The van der Waals surface area contributed by atoms with E-state index in [9.17, 15) is 9.59 Å². The number of anilines is 1. The minimum absolute atomic E-state index is 0.00181. The third-order valence-corrected chi connectivity index (χ3v) is 4.97. The molecule has 0 bridgehead atoms. The number of hydrogen-bond acceptors (Lipinski definition) is 4. The molecule has 2 aliphatic rings. The molecule has 1 aromatic carbocycles. The van der Waals surface area contributed by atoms with Crippen molar-refractivity contribution in [1.29, 1.82) is 0 Å². The molecule has 1 saturated heterocycles. The smallest absolute Gasteiger partial charge is 0.257 e. The van der Waals surface area contributed by atoms with E-state index < -0.39 is 0 Å². The molecule has 1 heterocycles. The van der Waals surface area contributed by atoms with Crippen LogP contribution in [0.3, 0.4) is 0 Å². The van der Waals surface area contributed by atoms with Gasteiger partial charge in [0.2, 0.25) is 5.91 Å². The van der Waals surface area contributed by atoms with Gasteiger partial charge in [0.15, 0.2) is 6.61 Å². The number of likely N-dealkylation sites (N-methyl/N-ethyl adjacent to an activating group) is 1. The van der Waals surface area contributed by atoms with Gasteiger partial charge in [-0.25, -0.2) is 0 Å².